The van der Waals surface area contributed by atoms with Crippen molar-refractivity contribution in [2.75, 3.05) is 11.9 Å². The van der Waals surface area contributed by atoms with Crippen molar-refractivity contribution < 1.29 is 0 Å². The highest BCUT2D eigenvalue weighted by Crippen LogP contribution is 2.23. The topological polar surface area (TPSA) is 35.8 Å². The zero-order valence-electron chi connectivity index (χ0n) is 10.6. The number of hydrogen-bond donors (Lipinski definition) is 1. The van der Waals surface area contributed by atoms with Gasteiger partial charge in [-0.25, -0.2) is 0 Å². The number of benzene rings is 2. The summed E-state index contributed by atoms with van der Waals surface area (Å²) in [6, 6.07) is 18.0. The number of halogens is 1. The lowest BCUT2D eigenvalue weighted by Gasteiger charge is -2.09. The van der Waals surface area contributed by atoms with Crippen LogP contribution in [0.3, 0.4) is 0 Å². The Hall–Kier alpha value is -1.98. The molecule has 0 fully saturated rings. The lowest BCUT2D eigenvalue weighted by atomic mass is 10.1. The largest absolute Gasteiger partial charge is 0.384 e. The smallest absolute Gasteiger partial charge is 0.103 e. The minimum absolute atomic E-state index is 0.496. The standard InChI is InChI=1S/C16H15ClN2/c17-15-9-4-10-16(14(15)12-18)19-11-5-8-13-6-2-1-3-7-13/h1-4,6-7,9-10,19H,5,8,11H2. The van der Waals surface area contributed by atoms with Crippen molar-refractivity contribution in [1.29, 1.82) is 5.26 Å². The maximum Gasteiger partial charge on any atom is 0.103 e. The first-order chi connectivity index (χ1) is 9.31. The molecule has 0 atom stereocenters. The first kappa shape index (κ1) is 13.5. The quantitative estimate of drug-likeness (QED) is 0.824. The average Bonchev–Trinajstić information content (AvgIpc) is 2.45. The molecule has 1 N–H and O–H groups in total. The number of rotatable bonds is 5. The third-order valence-corrected chi connectivity index (χ3v) is 3.24. The predicted octanol–water partition coefficient (Wildman–Crippen LogP) is 4.26. The van der Waals surface area contributed by atoms with Gasteiger partial charge >= 0.3 is 0 Å². The molecule has 19 heavy (non-hydrogen) atoms. The molecule has 0 aromatic heterocycles. The zero-order valence-corrected chi connectivity index (χ0v) is 11.3. The summed E-state index contributed by atoms with van der Waals surface area (Å²) >= 11 is 5.98. The monoisotopic (exact) mass is 270 g/mol. The van der Waals surface area contributed by atoms with Crippen LogP contribution < -0.4 is 5.32 Å². The Morgan fingerprint density at radius 3 is 2.58 bits per heavy atom. The van der Waals surface area contributed by atoms with Crippen LogP contribution in [0.2, 0.25) is 5.02 Å². The van der Waals surface area contributed by atoms with Crippen molar-refractivity contribution >= 4 is 17.3 Å². The van der Waals surface area contributed by atoms with Gasteiger partial charge in [0.15, 0.2) is 0 Å². The van der Waals surface area contributed by atoms with E-state index in [1.165, 1.54) is 5.56 Å². The summed E-state index contributed by atoms with van der Waals surface area (Å²) < 4.78 is 0. The molecule has 0 aliphatic rings. The van der Waals surface area contributed by atoms with Crippen LogP contribution in [0.5, 0.6) is 0 Å². The molecule has 0 aliphatic heterocycles. The number of nitrogens with one attached hydrogen (secondary N) is 1. The molecule has 2 rings (SSSR count). The van der Waals surface area contributed by atoms with Crippen molar-refractivity contribution in [3.63, 3.8) is 0 Å². The molecule has 0 amide bonds. The van der Waals surface area contributed by atoms with Crippen LogP contribution in [0.4, 0.5) is 5.69 Å². The molecule has 0 saturated carbocycles. The summed E-state index contributed by atoms with van der Waals surface area (Å²) in [4.78, 5) is 0. The number of nitrogens with zero attached hydrogens (tertiary/aromatic N) is 1. The fourth-order valence-electron chi connectivity index (χ4n) is 1.95. The third kappa shape index (κ3) is 3.74. The molecule has 2 aromatic carbocycles. The summed E-state index contributed by atoms with van der Waals surface area (Å²) in [5.74, 6) is 0. The minimum atomic E-state index is 0.496. The van der Waals surface area contributed by atoms with Gasteiger partial charge in [0, 0.05) is 6.54 Å². The highest BCUT2D eigenvalue weighted by molar-refractivity contribution is 6.32. The summed E-state index contributed by atoms with van der Waals surface area (Å²) in [5, 5.41) is 12.8. The highest BCUT2D eigenvalue weighted by atomic mass is 35.5. The van der Waals surface area contributed by atoms with Gasteiger partial charge in [-0.15, -0.1) is 0 Å². The molecular formula is C16H15ClN2. The van der Waals surface area contributed by atoms with Gasteiger partial charge in [0.05, 0.1) is 16.3 Å². The van der Waals surface area contributed by atoms with E-state index in [1.54, 1.807) is 6.07 Å². The molecule has 3 heteroatoms. The molecule has 0 saturated heterocycles. The van der Waals surface area contributed by atoms with Crippen LogP contribution in [-0.2, 0) is 6.42 Å². The molecule has 2 aromatic rings. The molecule has 0 spiro atoms. The summed E-state index contributed by atoms with van der Waals surface area (Å²) in [5.41, 5.74) is 2.66. The molecule has 2 nitrogen and oxygen atoms in total. The molecule has 0 unspecified atom stereocenters. The van der Waals surface area contributed by atoms with Gasteiger partial charge in [-0.05, 0) is 30.5 Å². The Bertz CT molecular complexity index is 573. The summed E-state index contributed by atoms with van der Waals surface area (Å²) in [6.45, 7) is 0.823. The SMILES string of the molecule is N#Cc1c(Cl)cccc1NCCCc1ccccc1. The maximum absolute atomic E-state index is 9.06. The van der Waals surface area contributed by atoms with Crippen molar-refractivity contribution in [2.24, 2.45) is 0 Å². The summed E-state index contributed by atoms with van der Waals surface area (Å²) in [6.07, 6.45) is 2.04. The van der Waals surface area contributed by atoms with Gasteiger partial charge in [-0.1, -0.05) is 48.0 Å². The van der Waals surface area contributed by atoms with E-state index in [0.29, 0.717) is 10.6 Å². The number of hydrogen-bond acceptors (Lipinski definition) is 2. The molecule has 0 heterocycles. The average molecular weight is 271 g/mol. The Labute approximate surface area is 118 Å². The van der Waals surface area contributed by atoms with Crippen molar-refractivity contribution in [3.05, 3.63) is 64.7 Å². The van der Waals surface area contributed by atoms with Crippen LogP contribution in [0.1, 0.15) is 17.5 Å². The highest BCUT2D eigenvalue weighted by Gasteiger charge is 2.05. The first-order valence-corrected chi connectivity index (χ1v) is 6.65. The fourth-order valence-corrected chi connectivity index (χ4v) is 2.16. The number of anilines is 1. The van der Waals surface area contributed by atoms with E-state index < -0.39 is 0 Å². The second-order valence-electron chi connectivity index (χ2n) is 4.29. The van der Waals surface area contributed by atoms with Gasteiger partial charge in [0.2, 0.25) is 0 Å². The van der Waals surface area contributed by atoms with E-state index in [-0.39, 0.29) is 0 Å². The van der Waals surface area contributed by atoms with Crippen molar-refractivity contribution in [2.45, 2.75) is 12.8 Å². The van der Waals surface area contributed by atoms with E-state index in [0.717, 1.165) is 25.1 Å². The Morgan fingerprint density at radius 2 is 1.84 bits per heavy atom. The Morgan fingerprint density at radius 1 is 1.05 bits per heavy atom. The van der Waals surface area contributed by atoms with Crippen LogP contribution in [0.25, 0.3) is 0 Å². The normalized spacial score (nSPS) is 9.89. The molecular weight excluding hydrogens is 256 g/mol. The van der Waals surface area contributed by atoms with E-state index in [4.69, 9.17) is 16.9 Å². The molecule has 0 radical (unpaired) electrons. The number of nitriles is 1. The third-order valence-electron chi connectivity index (χ3n) is 2.93. The first-order valence-electron chi connectivity index (χ1n) is 6.27. The van der Waals surface area contributed by atoms with E-state index >= 15 is 0 Å². The second kappa shape index (κ2) is 6.82. The van der Waals surface area contributed by atoms with E-state index in [9.17, 15) is 0 Å². The van der Waals surface area contributed by atoms with E-state index in [2.05, 4.69) is 23.5 Å². The molecule has 96 valence electrons. The van der Waals surface area contributed by atoms with E-state index in [1.807, 2.05) is 30.3 Å². The number of aryl methyl sites for hydroxylation is 1. The van der Waals surface area contributed by atoms with Gasteiger partial charge in [-0.3, -0.25) is 0 Å². The Balaban J connectivity index is 1.87. The van der Waals surface area contributed by atoms with Crippen molar-refractivity contribution in [3.8, 4) is 6.07 Å². The van der Waals surface area contributed by atoms with Gasteiger partial charge < -0.3 is 5.32 Å². The zero-order chi connectivity index (χ0) is 13.5. The van der Waals surface area contributed by atoms with Crippen LogP contribution in [0, 0.1) is 11.3 Å². The van der Waals surface area contributed by atoms with Crippen molar-refractivity contribution in [1.82, 2.24) is 0 Å². The van der Waals surface area contributed by atoms with Gasteiger partial charge in [0.25, 0.3) is 0 Å². The lowest BCUT2D eigenvalue weighted by Crippen LogP contribution is -2.04. The van der Waals surface area contributed by atoms with Gasteiger partial charge in [-0.2, -0.15) is 5.26 Å². The minimum Gasteiger partial charge on any atom is -0.384 e. The van der Waals surface area contributed by atoms with Crippen LogP contribution in [-0.4, -0.2) is 6.54 Å². The summed E-state index contributed by atoms with van der Waals surface area (Å²) in [7, 11) is 0. The Kier molecular flexibility index (Phi) is 4.83. The molecule has 0 aliphatic carbocycles. The van der Waals surface area contributed by atoms with Crippen LogP contribution in [0.15, 0.2) is 48.5 Å². The lowest BCUT2D eigenvalue weighted by molar-refractivity contribution is 0.863. The predicted molar refractivity (Wildman–Crippen MR) is 79.4 cm³/mol. The molecule has 0 bridgehead atoms. The maximum atomic E-state index is 9.06. The second-order valence-corrected chi connectivity index (χ2v) is 4.70. The van der Waals surface area contributed by atoms with Gasteiger partial charge in [0.1, 0.15) is 6.07 Å². The van der Waals surface area contributed by atoms with Crippen LogP contribution >= 0.6 is 11.6 Å². The fraction of sp³-hybridized carbons (Fsp3) is 0.188.